The summed E-state index contributed by atoms with van der Waals surface area (Å²) >= 11 is 5.82. The monoisotopic (exact) mass is 476 g/mol. The molecule has 0 amide bonds. The molecule has 1 unspecified atom stereocenters. The molecule has 1 aliphatic heterocycles. The van der Waals surface area contributed by atoms with Crippen molar-refractivity contribution in [1.29, 1.82) is 0 Å². The molecule has 3 nitrogen and oxygen atoms in total. The molecule has 0 aromatic heterocycles. The molecular weight excluding hydrogens is 467 g/mol. The summed E-state index contributed by atoms with van der Waals surface area (Å²) in [6.45, 7) is 0. The van der Waals surface area contributed by atoms with Crippen LogP contribution in [0.4, 0.5) is 45.2 Å². The quantitative estimate of drug-likeness (QED) is 0.395. The van der Waals surface area contributed by atoms with E-state index in [1.54, 1.807) is 0 Å². The Hall–Kier alpha value is -2.63. The van der Waals surface area contributed by atoms with Crippen LogP contribution in [0.15, 0.2) is 41.6 Å². The Balaban J connectivity index is 2.16. The maximum Gasteiger partial charge on any atom is 0.435 e. The van der Waals surface area contributed by atoms with E-state index in [1.807, 2.05) is 0 Å². The molecule has 0 bridgehead atoms. The van der Waals surface area contributed by atoms with E-state index in [0.29, 0.717) is 0 Å². The van der Waals surface area contributed by atoms with E-state index >= 15 is 0 Å². The smallest absolute Gasteiger partial charge is 0.398 e. The van der Waals surface area contributed by atoms with Gasteiger partial charge < -0.3 is 10.6 Å². The molecule has 0 aliphatic carbocycles. The topological polar surface area (TPSA) is 47.6 Å². The summed E-state index contributed by atoms with van der Waals surface area (Å²) in [6.07, 6.45) is -17.3. The molecule has 0 radical (unpaired) electrons. The first-order valence-electron chi connectivity index (χ1n) is 8.22. The van der Waals surface area contributed by atoms with Crippen molar-refractivity contribution in [1.82, 2.24) is 0 Å². The van der Waals surface area contributed by atoms with E-state index in [2.05, 4.69) is 9.99 Å². The molecule has 0 spiro atoms. The summed E-state index contributed by atoms with van der Waals surface area (Å²) in [5.74, 6) is 0. The van der Waals surface area contributed by atoms with Crippen LogP contribution in [0.1, 0.15) is 28.7 Å². The highest BCUT2D eigenvalue weighted by atomic mass is 35.5. The largest absolute Gasteiger partial charge is 0.435 e. The van der Waals surface area contributed by atoms with Gasteiger partial charge in [0.05, 0.1) is 27.5 Å². The number of halogens is 10. The Labute approximate surface area is 173 Å². The van der Waals surface area contributed by atoms with E-state index in [1.165, 1.54) is 12.1 Å². The van der Waals surface area contributed by atoms with Crippen molar-refractivity contribution in [3.8, 4) is 0 Å². The van der Waals surface area contributed by atoms with Crippen molar-refractivity contribution < 1.29 is 44.4 Å². The SMILES string of the molecule is Nc1ccc(C2=NOC(c3cc(C(F)(F)F)cc(C(F)(F)F)c3)(C(F)(F)F)C2)cc1Cl. The normalized spacial score (nSPS) is 19.9. The highest BCUT2D eigenvalue weighted by Gasteiger charge is 2.63. The summed E-state index contributed by atoms with van der Waals surface area (Å²) in [4.78, 5) is 4.52. The fraction of sp³-hybridized carbons (Fsp3) is 0.278. The number of rotatable bonds is 2. The van der Waals surface area contributed by atoms with E-state index in [9.17, 15) is 39.5 Å². The van der Waals surface area contributed by atoms with Gasteiger partial charge in [0.2, 0.25) is 0 Å². The Kier molecular flexibility index (Phi) is 5.36. The number of alkyl halides is 9. The Bertz CT molecular complexity index is 1010. The molecule has 1 atom stereocenters. The number of hydrogen-bond acceptors (Lipinski definition) is 3. The van der Waals surface area contributed by atoms with Crippen molar-refractivity contribution in [2.24, 2.45) is 5.16 Å². The molecular formula is C18H10ClF9N2O. The fourth-order valence-electron chi connectivity index (χ4n) is 2.95. The zero-order chi connectivity index (χ0) is 23.4. The number of hydrogen-bond donors (Lipinski definition) is 1. The Morgan fingerprint density at radius 2 is 1.42 bits per heavy atom. The summed E-state index contributed by atoms with van der Waals surface area (Å²) in [7, 11) is 0. The minimum Gasteiger partial charge on any atom is -0.398 e. The van der Waals surface area contributed by atoms with E-state index in [0.717, 1.165) is 6.07 Å². The third-order valence-electron chi connectivity index (χ3n) is 4.57. The highest BCUT2D eigenvalue weighted by Crippen LogP contribution is 2.51. The molecule has 0 fully saturated rings. The van der Waals surface area contributed by atoms with Gasteiger partial charge in [-0.2, -0.15) is 39.5 Å². The number of oxime groups is 1. The fourth-order valence-corrected chi connectivity index (χ4v) is 3.13. The molecule has 3 rings (SSSR count). The predicted octanol–water partition coefficient (Wildman–Crippen LogP) is 6.54. The average molecular weight is 477 g/mol. The molecule has 1 heterocycles. The second-order valence-corrected chi connectivity index (χ2v) is 7.07. The lowest BCUT2D eigenvalue weighted by molar-refractivity contribution is -0.276. The van der Waals surface area contributed by atoms with Crippen molar-refractivity contribution >= 4 is 23.0 Å². The lowest BCUT2D eigenvalue weighted by Crippen LogP contribution is -2.43. The van der Waals surface area contributed by atoms with Crippen LogP contribution in [-0.4, -0.2) is 11.9 Å². The lowest BCUT2D eigenvalue weighted by Gasteiger charge is -2.30. The maximum atomic E-state index is 14.0. The summed E-state index contributed by atoms with van der Waals surface area (Å²) in [6, 6.07) is 3.31. The van der Waals surface area contributed by atoms with Gasteiger partial charge in [-0.25, -0.2) is 0 Å². The molecule has 31 heavy (non-hydrogen) atoms. The minimum absolute atomic E-state index is 0.00773. The van der Waals surface area contributed by atoms with Crippen molar-refractivity contribution in [3.63, 3.8) is 0 Å². The van der Waals surface area contributed by atoms with Crippen LogP contribution in [0.3, 0.4) is 0 Å². The number of nitrogens with zero attached hydrogens (tertiary/aromatic N) is 1. The summed E-state index contributed by atoms with van der Waals surface area (Å²) in [5, 5.41) is 3.25. The molecule has 2 aromatic carbocycles. The van der Waals surface area contributed by atoms with E-state index in [4.69, 9.17) is 17.3 Å². The van der Waals surface area contributed by atoms with Crippen LogP contribution in [-0.2, 0) is 22.8 Å². The van der Waals surface area contributed by atoms with Crippen LogP contribution >= 0.6 is 11.6 Å². The van der Waals surface area contributed by atoms with Gasteiger partial charge in [0.15, 0.2) is 0 Å². The van der Waals surface area contributed by atoms with Gasteiger partial charge in [0, 0.05) is 17.5 Å². The zero-order valence-electron chi connectivity index (χ0n) is 14.9. The first-order valence-corrected chi connectivity index (χ1v) is 8.59. The molecule has 168 valence electrons. The van der Waals surface area contributed by atoms with Crippen LogP contribution in [0.25, 0.3) is 0 Å². The lowest BCUT2D eigenvalue weighted by atomic mass is 9.84. The van der Waals surface area contributed by atoms with Crippen LogP contribution in [0.2, 0.25) is 5.02 Å². The van der Waals surface area contributed by atoms with Gasteiger partial charge in [0.1, 0.15) is 0 Å². The molecule has 2 aromatic rings. The van der Waals surface area contributed by atoms with Crippen LogP contribution in [0.5, 0.6) is 0 Å². The number of anilines is 1. The van der Waals surface area contributed by atoms with Gasteiger partial charge in [-0.1, -0.05) is 22.8 Å². The highest BCUT2D eigenvalue weighted by molar-refractivity contribution is 6.33. The standard InChI is InChI=1S/C18H10ClF9N2O/c19-12-3-8(1-2-13(12)29)14-7-15(31-30-14,18(26,27)28)9-4-10(16(20,21)22)6-11(5-9)17(23,24)25/h1-6H,7,29H2. The first kappa shape index (κ1) is 23.0. The van der Waals surface area contributed by atoms with E-state index in [-0.39, 0.29) is 40.2 Å². The van der Waals surface area contributed by atoms with Gasteiger partial charge in [-0.05, 0) is 30.3 Å². The van der Waals surface area contributed by atoms with Gasteiger partial charge in [-0.15, -0.1) is 0 Å². The van der Waals surface area contributed by atoms with Crippen LogP contribution in [0, 0.1) is 0 Å². The first-order chi connectivity index (χ1) is 14.0. The van der Waals surface area contributed by atoms with Crippen molar-refractivity contribution in [2.75, 3.05) is 5.73 Å². The Morgan fingerprint density at radius 3 is 1.87 bits per heavy atom. The van der Waals surface area contributed by atoms with Crippen LogP contribution < -0.4 is 5.73 Å². The molecule has 2 N–H and O–H groups in total. The number of benzene rings is 2. The molecule has 0 saturated heterocycles. The van der Waals surface area contributed by atoms with Crippen molar-refractivity contribution in [2.45, 2.75) is 30.6 Å². The molecule has 1 aliphatic rings. The average Bonchev–Trinajstić information content (AvgIpc) is 3.09. The number of nitrogens with two attached hydrogens (primary N) is 1. The summed E-state index contributed by atoms with van der Waals surface area (Å²) in [5.41, 5.74) is -3.54. The predicted molar refractivity (Wildman–Crippen MR) is 92.3 cm³/mol. The van der Waals surface area contributed by atoms with Crippen molar-refractivity contribution in [3.05, 3.63) is 63.7 Å². The third kappa shape index (κ3) is 4.25. The van der Waals surface area contributed by atoms with Gasteiger partial charge >= 0.3 is 18.5 Å². The van der Waals surface area contributed by atoms with Gasteiger partial charge in [-0.3, -0.25) is 0 Å². The second kappa shape index (κ2) is 7.21. The third-order valence-corrected chi connectivity index (χ3v) is 4.90. The Morgan fingerprint density at radius 1 is 0.871 bits per heavy atom. The molecule has 0 saturated carbocycles. The van der Waals surface area contributed by atoms with Gasteiger partial charge in [0.25, 0.3) is 5.60 Å². The summed E-state index contributed by atoms with van der Waals surface area (Å²) < 4.78 is 121. The second-order valence-electron chi connectivity index (χ2n) is 6.66. The van der Waals surface area contributed by atoms with E-state index < -0.39 is 47.2 Å². The maximum absolute atomic E-state index is 14.0. The minimum atomic E-state index is -5.41. The number of nitrogen functional groups attached to an aromatic ring is 1. The zero-order valence-corrected chi connectivity index (χ0v) is 15.6. The molecule has 13 heteroatoms.